The second-order valence-corrected chi connectivity index (χ2v) is 15.6. The van der Waals surface area contributed by atoms with Crippen LogP contribution in [0.15, 0.2) is 249 Å². The Morgan fingerprint density at radius 3 is 0.754 bits per heavy atom. The summed E-state index contributed by atoms with van der Waals surface area (Å²) < 4.78 is 0. The Labute approximate surface area is 359 Å². The average molecular weight is 777 g/mol. The highest BCUT2D eigenvalue weighted by atomic mass is 14.3. The van der Waals surface area contributed by atoms with Gasteiger partial charge in [0.25, 0.3) is 0 Å². The highest BCUT2D eigenvalue weighted by Crippen LogP contribution is 2.51. The van der Waals surface area contributed by atoms with Gasteiger partial charge in [0, 0.05) is 0 Å². The summed E-state index contributed by atoms with van der Waals surface area (Å²) in [5.74, 6) is 0. The van der Waals surface area contributed by atoms with Gasteiger partial charge in [0.15, 0.2) is 0 Å². The maximum Gasteiger partial charge on any atom is -0.00143 e. The second kappa shape index (κ2) is 16.8. The van der Waals surface area contributed by atoms with Crippen LogP contribution in [-0.4, -0.2) is 0 Å². The lowest BCUT2D eigenvalue weighted by Crippen LogP contribution is -1.98. The molecule has 0 saturated carbocycles. The second-order valence-electron chi connectivity index (χ2n) is 15.6. The van der Waals surface area contributed by atoms with Gasteiger partial charge in [-0.05, 0) is 113 Å². The van der Waals surface area contributed by atoms with Crippen LogP contribution < -0.4 is 0 Å². The fraction of sp³-hybridized carbons (Fsp3) is 0.0164. The van der Waals surface area contributed by atoms with Crippen molar-refractivity contribution in [3.8, 4) is 100 Å². The smallest absolute Gasteiger partial charge is 0.00143 e. The molecule has 10 aromatic rings. The third-order valence-corrected chi connectivity index (χ3v) is 11.8. The van der Waals surface area contributed by atoms with Gasteiger partial charge in [-0.3, -0.25) is 0 Å². The number of hydrogen-bond donors (Lipinski definition) is 0. The van der Waals surface area contributed by atoms with Gasteiger partial charge in [-0.25, -0.2) is 0 Å². The number of aryl methyl sites for hydroxylation is 1. The monoisotopic (exact) mass is 776 g/mol. The van der Waals surface area contributed by atoms with Crippen molar-refractivity contribution in [3.05, 3.63) is 254 Å². The van der Waals surface area contributed by atoms with Crippen molar-refractivity contribution >= 4 is 0 Å². The molecule has 0 saturated heterocycles. The Kier molecular flexibility index (Phi) is 10.3. The summed E-state index contributed by atoms with van der Waals surface area (Å²) in [4.78, 5) is 0. The molecule has 0 aliphatic heterocycles. The summed E-state index contributed by atoms with van der Waals surface area (Å²) in [6.45, 7) is 2.16. The zero-order chi connectivity index (χ0) is 41.0. The predicted octanol–water partition coefficient (Wildman–Crippen LogP) is 17.0. The fourth-order valence-electron chi connectivity index (χ4n) is 8.91. The van der Waals surface area contributed by atoms with Crippen LogP contribution in [0.2, 0.25) is 0 Å². The maximum absolute atomic E-state index is 2.43. The van der Waals surface area contributed by atoms with E-state index in [9.17, 15) is 0 Å². The van der Waals surface area contributed by atoms with Crippen molar-refractivity contribution in [1.29, 1.82) is 0 Å². The third-order valence-electron chi connectivity index (χ3n) is 11.8. The topological polar surface area (TPSA) is 0 Å². The molecule has 0 atom stereocenters. The van der Waals surface area contributed by atoms with E-state index in [1.165, 1.54) is 100 Å². The van der Waals surface area contributed by atoms with Gasteiger partial charge in [0.1, 0.15) is 0 Å². The minimum absolute atomic E-state index is 1.16. The first-order valence-corrected chi connectivity index (χ1v) is 21.1. The summed E-state index contributed by atoms with van der Waals surface area (Å²) in [6.07, 6.45) is 0. The minimum atomic E-state index is 1.16. The first-order chi connectivity index (χ1) is 30.2. The van der Waals surface area contributed by atoms with Crippen LogP contribution in [0.4, 0.5) is 0 Å². The van der Waals surface area contributed by atoms with Gasteiger partial charge in [0.2, 0.25) is 0 Å². The largest absolute Gasteiger partial charge is 0.0622 e. The minimum Gasteiger partial charge on any atom is -0.0622 e. The van der Waals surface area contributed by atoms with Crippen molar-refractivity contribution in [2.75, 3.05) is 0 Å². The summed E-state index contributed by atoms with van der Waals surface area (Å²) in [5, 5.41) is 0. The van der Waals surface area contributed by atoms with Crippen molar-refractivity contribution < 1.29 is 0 Å². The number of hydrogen-bond acceptors (Lipinski definition) is 0. The molecule has 0 bridgehead atoms. The molecular weight excluding hydrogens is 733 g/mol. The molecule has 10 rings (SSSR count). The highest BCUT2D eigenvalue weighted by Gasteiger charge is 2.25. The van der Waals surface area contributed by atoms with Crippen molar-refractivity contribution in [3.63, 3.8) is 0 Å². The molecule has 0 spiro atoms. The Balaban J connectivity index is 1.29. The van der Waals surface area contributed by atoms with E-state index >= 15 is 0 Å². The molecule has 0 nitrogen and oxygen atoms in total. The van der Waals surface area contributed by atoms with Crippen molar-refractivity contribution in [1.82, 2.24) is 0 Å². The van der Waals surface area contributed by atoms with E-state index in [0.717, 1.165) is 5.56 Å². The third kappa shape index (κ3) is 7.41. The molecule has 10 aromatic carbocycles. The standard InChI is InChI=1S/C61H44/c1-43-32-34-47(35-33-43)56-42-55(46-24-12-4-13-25-46)59(49-28-16-6-17-29-49)61(60(56)50-30-18-7-19-31-50)52-38-36-51(37-39-52)58-54(45-22-10-3-11-23-45)41-40-53(44-20-8-2-9-21-44)57(58)48-26-14-5-15-27-48/h2-42H,1H3. The molecule has 0 unspecified atom stereocenters. The lowest BCUT2D eigenvalue weighted by atomic mass is 9.78. The Morgan fingerprint density at radius 1 is 0.180 bits per heavy atom. The van der Waals surface area contributed by atoms with Gasteiger partial charge < -0.3 is 0 Å². The van der Waals surface area contributed by atoms with Crippen LogP contribution in [0.5, 0.6) is 0 Å². The first-order valence-electron chi connectivity index (χ1n) is 21.1. The molecule has 0 aliphatic rings. The Hall–Kier alpha value is -7.80. The van der Waals surface area contributed by atoms with Gasteiger partial charge in [-0.1, -0.05) is 248 Å². The molecule has 0 amide bonds. The highest BCUT2D eigenvalue weighted by molar-refractivity contribution is 6.08. The van der Waals surface area contributed by atoms with Crippen LogP contribution in [-0.2, 0) is 0 Å². The van der Waals surface area contributed by atoms with E-state index in [2.05, 4.69) is 256 Å². The summed E-state index contributed by atoms with van der Waals surface area (Å²) >= 11 is 0. The van der Waals surface area contributed by atoms with E-state index in [1.54, 1.807) is 0 Å². The number of benzene rings is 10. The van der Waals surface area contributed by atoms with Crippen LogP contribution in [0, 0.1) is 6.92 Å². The lowest BCUT2D eigenvalue weighted by molar-refractivity contribution is 1.46. The van der Waals surface area contributed by atoms with E-state index < -0.39 is 0 Å². The van der Waals surface area contributed by atoms with Crippen LogP contribution >= 0.6 is 0 Å². The van der Waals surface area contributed by atoms with Crippen LogP contribution in [0.1, 0.15) is 5.56 Å². The molecular formula is C61H44. The van der Waals surface area contributed by atoms with Crippen molar-refractivity contribution in [2.24, 2.45) is 0 Å². The Bertz CT molecular complexity index is 3040. The molecule has 0 aromatic heterocycles. The lowest BCUT2D eigenvalue weighted by Gasteiger charge is -2.25. The fourth-order valence-corrected chi connectivity index (χ4v) is 8.91. The maximum atomic E-state index is 2.43. The molecule has 0 radical (unpaired) electrons. The zero-order valence-electron chi connectivity index (χ0n) is 34.2. The molecule has 288 valence electrons. The summed E-state index contributed by atoms with van der Waals surface area (Å²) in [7, 11) is 0. The van der Waals surface area contributed by atoms with Crippen LogP contribution in [0.3, 0.4) is 0 Å². The van der Waals surface area contributed by atoms with E-state index in [0.29, 0.717) is 0 Å². The first kappa shape index (κ1) is 37.5. The van der Waals surface area contributed by atoms with Gasteiger partial charge in [-0.2, -0.15) is 0 Å². The molecule has 0 fully saturated rings. The predicted molar refractivity (Wildman–Crippen MR) is 260 cm³/mol. The Morgan fingerprint density at radius 2 is 0.410 bits per heavy atom. The summed E-state index contributed by atoms with van der Waals surface area (Å²) in [6, 6.07) is 90.7. The van der Waals surface area contributed by atoms with E-state index in [1.807, 2.05) is 0 Å². The summed E-state index contributed by atoms with van der Waals surface area (Å²) in [5.41, 5.74) is 22.8. The normalized spacial score (nSPS) is 11.0. The van der Waals surface area contributed by atoms with Crippen LogP contribution in [0.25, 0.3) is 100 Å². The van der Waals surface area contributed by atoms with E-state index in [4.69, 9.17) is 0 Å². The molecule has 0 heteroatoms. The quantitative estimate of drug-likeness (QED) is 0.137. The van der Waals surface area contributed by atoms with Gasteiger partial charge in [0.05, 0.1) is 0 Å². The van der Waals surface area contributed by atoms with Gasteiger partial charge >= 0.3 is 0 Å². The van der Waals surface area contributed by atoms with E-state index in [-0.39, 0.29) is 0 Å². The SMILES string of the molecule is Cc1ccc(-c2cc(-c3ccccc3)c(-c3ccccc3)c(-c3ccc(-c4c(-c5ccccc5)ccc(-c5ccccc5)c4-c4ccccc4)cc3)c2-c2ccccc2)cc1. The molecule has 0 N–H and O–H groups in total. The molecule has 61 heavy (non-hydrogen) atoms. The number of rotatable bonds is 9. The molecule has 0 aliphatic carbocycles. The van der Waals surface area contributed by atoms with Crippen molar-refractivity contribution in [2.45, 2.75) is 6.92 Å². The zero-order valence-corrected chi connectivity index (χ0v) is 34.2. The molecule has 0 heterocycles. The average Bonchev–Trinajstić information content (AvgIpc) is 3.35. The van der Waals surface area contributed by atoms with Gasteiger partial charge in [-0.15, -0.1) is 0 Å².